The number of hydrogen-bond donors (Lipinski definition) is 4. The Bertz CT molecular complexity index is 330. The molecule has 0 saturated heterocycles. The van der Waals surface area contributed by atoms with Crippen molar-refractivity contribution in [3.63, 3.8) is 0 Å². The molecule has 0 spiro atoms. The minimum Gasteiger partial charge on any atom is -0.330 e. The molecule has 1 rings (SSSR count). The van der Waals surface area contributed by atoms with Crippen molar-refractivity contribution in [1.82, 2.24) is 4.98 Å². The molecule has 0 aliphatic rings. The third kappa shape index (κ3) is 3.74. The van der Waals surface area contributed by atoms with E-state index in [0.29, 0.717) is 26.2 Å². The van der Waals surface area contributed by atoms with Crippen molar-refractivity contribution >= 4 is 0 Å². The smallest absolute Gasteiger partial charge is 0.0451 e. The van der Waals surface area contributed by atoms with Crippen LogP contribution in [0.2, 0.25) is 0 Å². The highest BCUT2D eigenvalue weighted by atomic mass is 14.7. The first-order valence-corrected chi connectivity index (χ1v) is 6.57. The lowest BCUT2D eigenvalue weighted by Gasteiger charge is -2.17. The van der Waals surface area contributed by atoms with E-state index in [0.717, 1.165) is 31.4 Å². The van der Waals surface area contributed by atoms with Crippen molar-refractivity contribution in [3.05, 3.63) is 28.6 Å². The molecule has 0 fully saturated rings. The summed E-state index contributed by atoms with van der Waals surface area (Å²) in [7, 11) is 0. The van der Waals surface area contributed by atoms with Gasteiger partial charge in [-0.1, -0.05) is 0 Å². The molecule has 0 atom stereocenters. The first-order valence-electron chi connectivity index (χ1n) is 6.57. The van der Waals surface area contributed by atoms with Gasteiger partial charge in [0.2, 0.25) is 0 Å². The van der Waals surface area contributed by atoms with Crippen molar-refractivity contribution in [2.45, 2.75) is 25.7 Å². The first-order chi connectivity index (χ1) is 8.78. The van der Waals surface area contributed by atoms with Crippen molar-refractivity contribution < 1.29 is 0 Å². The van der Waals surface area contributed by atoms with Gasteiger partial charge < -0.3 is 22.9 Å². The quantitative estimate of drug-likeness (QED) is 0.477. The number of nitrogens with zero attached hydrogens (tertiary/aromatic N) is 1. The average molecular weight is 251 g/mol. The van der Waals surface area contributed by atoms with Crippen molar-refractivity contribution in [2.75, 3.05) is 26.2 Å². The summed E-state index contributed by atoms with van der Waals surface area (Å²) in [6, 6.07) is 0. The molecule has 0 unspecified atom stereocenters. The molecule has 1 aromatic rings. The van der Waals surface area contributed by atoms with Gasteiger partial charge in [-0.3, -0.25) is 4.98 Å². The van der Waals surface area contributed by atoms with Gasteiger partial charge in [-0.05, 0) is 62.1 Å². The van der Waals surface area contributed by atoms with Crippen LogP contribution in [0.4, 0.5) is 0 Å². The van der Waals surface area contributed by atoms with Gasteiger partial charge in [0.05, 0.1) is 0 Å². The van der Waals surface area contributed by atoms with Crippen LogP contribution >= 0.6 is 0 Å². The lowest BCUT2D eigenvalue weighted by atomic mass is 9.93. The van der Waals surface area contributed by atoms with E-state index in [9.17, 15) is 0 Å². The third-order valence-electron chi connectivity index (χ3n) is 3.06. The van der Waals surface area contributed by atoms with Crippen LogP contribution in [0.15, 0.2) is 6.20 Å². The highest BCUT2D eigenvalue weighted by molar-refractivity contribution is 5.38. The van der Waals surface area contributed by atoms with E-state index in [4.69, 9.17) is 22.9 Å². The predicted molar refractivity (Wildman–Crippen MR) is 75.3 cm³/mol. The maximum absolute atomic E-state index is 5.71. The van der Waals surface area contributed by atoms with E-state index in [1.165, 1.54) is 16.7 Å². The van der Waals surface area contributed by atoms with Gasteiger partial charge >= 0.3 is 0 Å². The van der Waals surface area contributed by atoms with Crippen LogP contribution in [0.1, 0.15) is 22.4 Å². The van der Waals surface area contributed by atoms with Gasteiger partial charge in [0.25, 0.3) is 0 Å². The lowest BCUT2D eigenvalue weighted by Crippen LogP contribution is -2.18. The van der Waals surface area contributed by atoms with Crippen LogP contribution in [0.5, 0.6) is 0 Å². The van der Waals surface area contributed by atoms with Crippen molar-refractivity contribution in [1.29, 1.82) is 0 Å². The number of hydrogen-bond acceptors (Lipinski definition) is 5. The summed E-state index contributed by atoms with van der Waals surface area (Å²) in [6.07, 6.45) is 5.22. The fraction of sp³-hybridized carbons (Fsp3) is 0.615. The van der Waals surface area contributed by atoms with Crippen molar-refractivity contribution in [3.8, 4) is 0 Å². The van der Waals surface area contributed by atoms with Crippen LogP contribution in [-0.2, 0) is 25.7 Å². The Kier molecular flexibility index (Phi) is 6.82. The number of aromatic nitrogens is 1. The van der Waals surface area contributed by atoms with Crippen LogP contribution in [0.25, 0.3) is 0 Å². The SMILES string of the molecule is NCCc1cnc(CCN)c(CCN)c1CCN. The first kappa shape index (κ1) is 15.0. The van der Waals surface area contributed by atoms with Crippen molar-refractivity contribution in [2.24, 2.45) is 22.9 Å². The van der Waals surface area contributed by atoms with Gasteiger partial charge in [0, 0.05) is 18.3 Å². The topological polar surface area (TPSA) is 117 Å². The standard InChI is InChI=1S/C13H25N5/c14-5-1-10-9-18-13(4-8-17)12(3-7-16)11(10)2-6-15/h9H,1-8,14-17H2. The zero-order valence-corrected chi connectivity index (χ0v) is 11.0. The van der Waals surface area contributed by atoms with Gasteiger partial charge in [-0.15, -0.1) is 0 Å². The normalized spacial score (nSPS) is 10.9. The van der Waals surface area contributed by atoms with E-state index < -0.39 is 0 Å². The molecule has 5 heteroatoms. The molecule has 8 N–H and O–H groups in total. The summed E-state index contributed by atoms with van der Waals surface area (Å²) >= 11 is 0. The number of pyridine rings is 1. The molecule has 5 nitrogen and oxygen atoms in total. The molecule has 0 aromatic carbocycles. The van der Waals surface area contributed by atoms with Crippen LogP contribution in [0, 0.1) is 0 Å². The lowest BCUT2D eigenvalue weighted by molar-refractivity contribution is 0.812. The fourth-order valence-electron chi connectivity index (χ4n) is 2.30. The molecular formula is C13H25N5. The summed E-state index contributed by atoms with van der Waals surface area (Å²) < 4.78 is 0. The molecule has 0 radical (unpaired) electrons. The Balaban J connectivity index is 3.19. The van der Waals surface area contributed by atoms with Gasteiger partial charge in [-0.25, -0.2) is 0 Å². The summed E-state index contributed by atoms with van der Waals surface area (Å²) in [5.41, 5.74) is 27.5. The van der Waals surface area contributed by atoms with Gasteiger partial charge in [0.1, 0.15) is 0 Å². The molecule has 1 heterocycles. The molecule has 0 saturated carbocycles. The minimum atomic E-state index is 0.600. The minimum absolute atomic E-state index is 0.600. The molecule has 18 heavy (non-hydrogen) atoms. The maximum Gasteiger partial charge on any atom is 0.0451 e. The summed E-state index contributed by atoms with van der Waals surface area (Å²) in [6.45, 7) is 2.46. The highest BCUT2D eigenvalue weighted by Crippen LogP contribution is 2.19. The number of rotatable bonds is 8. The monoisotopic (exact) mass is 251 g/mol. The molecule has 0 bridgehead atoms. The second-order valence-electron chi connectivity index (χ2n) is 4.34. The molecule has 0 amide bonds. The Labute approximate surface area is 109 Å². The molecule has 1 aromatic heterocycles. The fourth-order valence-corrected chi connectivity index (χ4v) is 2.30. The third-order valence-corrected chi connectivity index (χ3v) is 3.06. The van der Waals surface area contributed by atoms with E-state index in [-0.39, 0.29) is 0 Å². The Morgan fingerprint density at radius 3 is 1.83 bits per heavy atom. The van der Waals surface area contributed by atoms with Crippen LogP contribution in [0.3, 0.4) is 0 Å². The predicted octanol–water partition coefficient (Wildman–Crippen LogP) is -0.914. The maximum atomic E-state index is 5.71. The highest BCUT2D eigenvalue weighted by Gasteiger charge is 2.13. The van der Waals surface area contributed by atoms with Gasteiger partial charge in [0.15, 0.2) is 0 Å². The largest absolute Gasteiger partial charge is 0.330 e. The average Bonchev–Trinajstić information content (AvgIpc) is 2.37. The zero-order chi connectivity index (χ0) is 13.4. The number of nitrogens with two attached hydrogens (primary N) is 4. The van der Waals surface area contributed by atoms with Crippen LogP contribution in [-0.4, -0.2) is 31.2 Å². The van der Waals surface area contributed by atoms with E-state index in [1.807, 2.05) is 6.20 Å². The van der Waals surface area contributed by atoms with Gasteiger partial charge in [-0.2, -0.15) is 0 Å². The molecule has 0 aliphatic heterocycles. The van der Waals surface area contributed by atoms with E-state index in [2.05, 4.69) is 4.98 Å². The summed E-state index contributed by atoms with van der Waals surface area (Å²) in [4.78, 5) is 4.52. The molecule has 0 aliphatic carbocycles. The zero-order valence-electron chi connectivity index (χ0n) is 11.0. The summed E-state index contributed by atoms with van der Waals surface area (Å²) in [5, 5.41) is 0. The van der Waals surface area contributed by atoms with Crippen LogP contribution < -0.4 is 22.9 Å². The molecule has 102 valence electrons. The van der Waals surface area contributed by atoms with E-state index in [1.54, 1.807) is 0 Å². The van der Waals surface area contributed by atoms with E-state index >= 15 is 0 Å². The Hall–Kier alpha value is -1.01. The Morgan fingerprint density at radius 2 is 1.28 bits per heavy atom. The molecular weight excluding hydrogens is 226 g/mol. The Morgan fingerprint density at radius 1 is 0.722 bits per heavy atom. The second-order valence-corrected chi connectivity index (χ2v) is 4.34. The summed E-state index contributed by atoms with van der Waals surface area (Å²) in [5.74, 6) is 0. The second kappa shape index (κ2) is 8.16.